The highest BCUT2D eigenvalue weighted by molar-refractivity contribution is 5.91. The predicted octanol–water partition coefficient (Wildman–Crippen LogP) is 4.43. The van der Waals surface area contributed by atoms with E-state index in [0.29, 0.717) is 31.7 Å². The molecular formula is C28H38N3O3. The fourth-order valence-electron chi connectivity index (χ4n) is 4.19. The zero-order chi connectivity index (χ0) is 24.5. The molecule has 1 heterocycles. The Hall–Kier alpha value is -3.02. The van der Waals surface area contributed by atoms with E-state index in [0.717, 1.165) is 37.1 Å². The van der Waals surface area contributed by atoms with Gasteiger partial charge in [0, 0.05) is 37.3 Å². The van der Waals surface area contributed by atoms with E-state index >= 15 is 0 Å². The molecule has 1 atom stereocenters. The fraction of sp³-hybridized carbons (Fsp3) is 0.464. The van der Waals surface area contributed by atoms with Crippen LogP contribution in [-0.4, -0.2) is 42.4 Å². The quantitative estimate of drug-likeness (QED) is 0.534. The van der Waals surface area contributed by atoms with Crippen molar-refractivity contribution in [3.63, 3.8) is 0 Å². The molecule has 6 heteroatoms. The van der Waals surface area contributed by atoms with Crippen molar-refractivity contribution in [2.75, 3.05) is 24.5 Å². The summed E-state index contributed by atoms with van der Waals surface area (Å²) in [4.78, 5) is 28.1. The van der Waals surface area contributed by atoms with Gasteiger partial charge in [0.05, 0.1) is 6.42 Å². The van der Waals surface area contributed by atoms with E-state index in [2.05, 4.69) is 43.0 Å². The zero-order valence-electron chi connectivity index (χ0n) is 20.7. The summed E-state index contributed by atoms with van der Waals surface area (Å²) in [5, 5.41) is 0. The Kier molecular flexibility index (Phi) is 9.37. The minimum Gasteiger partial charge on any atom is -0.489 e. The van der Waals surface area contributed by atoms with Gasteiger partial charge in [-0.05, 0) is 55.0 Å². The van der Waals surface area contributed by atoms with Crippen LogP contribution in [0.3, 0.4) is 0 Å². The molecule has 34 heavy (non-hydrogen) atoms. The molecule has 2 aromatic carbocycles. The highest BCUT2D eigenvalue weighted by Gasteiger charge is 2.28. The number of anilines is 1. The maximum atomic E-state index is 12.5. The lowest BCUT2D eigenvalue weighted by Gasteiger charge is -2.40. The highest BCUT2D eigenvalue weighted by atomic mass is 16.5. The van der Waals surface area contributed by atoms with Gasteiger partial charge in [-0.2, -0.15) is 0 Å². The molecule has 3 rings (SSSR count). The SMILES string of the molecule is CC(C)CCN(c1ccc(OCc2ccccc2)cc1)C1CCN(C(=O)[CH]C(C)C(N)=O)CC1. The topological polar surface area (TPSA) is 75.9 Å². The van der Waals surface area contributed by atoms with Crippen LogP contribution in [0.4, 0.5) is 5.69 Å². The second-order valence-electron chi connectivity index (χ2n) is 9.56. The Labute approximate surface area is 204 Å². The van der Waals surface area contributed by atoms with Crippen molar-refractivity contribution in [2.45, 2.75) is 52.7 Å². The molecule has 2 N–H and O–H groups in total. The van der Waals surface area contributed by atoms with E-state index in [-0.39, 0.29) is 5.91 Å². The third-order valence-electron chi connectivity index (χ3n) is 6.42. The zero-order valence-corrected chi connectivity index (χ0v) is 20.7. The number of nitrogens with two attached hydrogens (primary N) is 1. The molecule has 1 unspecified atom stereocenters. The number of piperidine rings is 1. The molecule has 0 saturated carbocycles. The van der Waals surface area contributed by atoms with Crippen LogP contribution in [-0.2, 0) is 16.2 Å². The molecule has 1 radical (unpaired) electrons. The lowest BCUT2D eigenvalue weighted by Crippen LogP contribution is -2.48. The van der Waals surface area contributed by atoms with Crippen molar-refractivity contribution in [2.24, 2.45) is 17.6 Å². The molecule has 6 nitrogen and oxygen atoms in total. The summed E-state index contributed by atoms with van der Waals surface area (Å²) < 4.78 is 5.96. The summed E-state index contributed by atoms with van der Waals surface area (Å²) in [6.07, 6.45) is 4.34. The van der Waals surface area contributed by atoms with Gasteiger partial charge in [0.2, 0.25) is 11.8 Å². The standard InChI is InChI=1S/C28H38N3O3/c1-21(2)13-18-31(25-14-16-30(17-15-25)27(32)19-22(3)28(29)33)24-9-11-26(12-10-24)34-20-23-7-5-4-6-8-23/h4-12,19,21-22,25H,13-18,20H2,1-3H3,(H2,29,33). The number of primary amides is 1. The summed E-state index contributed by atoms with van der Waals surface area (Å²) in [6.45, 7) is 9.05. The number of carbonyl (C=O) groups excluding carboxylic acids is 2. The Morgan fingerprint density at radius 3 is 2.29 bits per heavy atom. The summed E-state index contributed by atoms with van der Waals surface area (Å²) in [5.41, 5.74) is 7.63. The first-order chi connectivity index (χ1) is 16.3. The lowest BCUT2D eigenvalue weighted by atomic mass is 9.99. The molecule has 1 aliphatic heterocycles. The second-order valence-corrected chi connectivity index (χ2v) is 9.56. The van der Waals surface area contributed by atoms with E-state index in [4.69, 9.17) is 10.5 Å². The van der Waals surface area contributed by atoms with Crippen LogP contribution in [0.1, 0.15) is 45.6 Å². The van der Waals surface area contributed by atoms with Gasteiger partial charge in [-0.1, -0.05) is 51.1 Å². The van der Waals surface area contributed by atoms with Crippen molar-refractivity contribution in [1.29, 1.82) is 0 Å². The minimum atomic E-state index is -0.546. The Morgan fingerprint density at radius 2 is 1.71 bits per heavy atom. The molecule has 0 aliphatic carbocycles. The van der Waals surface area contributed by atoms with Crippen molar-refractivity contribution >= 4 is 17.5 Å². The van der Waals surface area contributed by atoms with E-state index in [1.165, 1.54) is 12.1 Å². The highest BCUT2D eigenvalue weighted by Crippen LogP contribution is 2.27. The van der Waals surface area contributed by atoms with Crippen LogP contribution in [0, 0.1) is 18.3 Å². The molecule has 1 aliphatic rings. The van der Waals surface area contributed by atoms with Crippen LogP contribution in [0.25, 0.3) is 0 Å². The van der Waals surface area contributed by atoms with Gasteiger partial charge in [-0.15, -0.1) is 0 Å². The van der Waals surface area contributed by atoms with E-state index < -0.39 is 11.8 Å². The number of hydrogen-bond donors (Lipinski definition) is 1. The van der Waals surface area contributed by atoms with E-state index in [1.54, 1.807) is 6.92 Å². The maximum absolute atomic E-state index is 12.5. The Balaban J connectivity index is 1.60. The van der Waals surface area contributed by atoms with Gasteiger partial charge < -0.3 is 20.3 Å². The largest absolute Gasteiger partial charge is 0.489 e. The Morgan fingerprint density at radius 1 is 1.06 bits per heavy atom. The van der Waals surface area contributed by atoms with E-state index in [9.17, 15) is 9.59 Å². The van der Waals surface area contributed by atoms with Gasteiger partial charge in [0.1, 0.15) is 12.4 Å². The number of likely N-dealkylation sites (tertiary alicyclic amines) is 1. The molecule has 0 spiro atoms. The van der Waals surface area contributed by atoms with Gasteiger partial charge in [-0.25, -0.2) is 0 Å². The Bertz CT molecular complexity index is 906. The molecule has 1 saturated heterocycles. The first-order valence-electron chi connectivity index (χ1n) is 12.3. The first-order valence-corrected chi connectivity index (χ1v) is 12.3. The maximum Gasteiger partial charge on any atom is 0.227 e. The van der Waals surface area contributed by atoms with Crippen LogP contribution >= 0.6 is 0 Å². The van der Waals surface area contributed by atoms with Gasteiger partial charge in [-0.3, -0.25) is 9.59 Å². The second kappa shape index (κ2) is 12.4. The molecular weight excluding hydrogens is 426 g/mol. The summed E-state index contributed by atoms with van der Waals surface area (Å²) >= 11 is 0. The first kappa shape index (κ1) is 25.6. The number of amides is 2. The fourth-order valence-corrected chi connectivity index (χ4v) is 4.19. The molecule has 2 amide bonds. The molecule has 2 aromatic rings. The van der Waals surface area contributed by atoms with Crippen LogP contribution in [0.5, 0.6) is 5.75 Å². The van der Waals surface area contributed by atoms with E-state index in [1.807, 2.05) is 35.2 Å². The average molecular weight is 465 g/mol. The molecule has 0 aromatic heterocycles. The van der Waals surface area contributed by atoms with Crippen LogP contribution in [0.15, 0.2) is 54.6 Å². The van der Waals surface area contributed by atoms with Crippen LogP contribution in [0.2, 0.25) is 0 Å². The number of rotatable bonds is 11. The number of ether oxygens (including phenoxy) is 1. The molecule has 0 bridgehead atoms. The van der Waals surface area contributed by atoms with Crippen molar-refractivity contribution in [3.8, 4) is 5.75 Å². The van der Waals surface area contributed by atoms with Crippen molar-refractivity contribution in [3.05, 3.63) is 66.6 Å². The van der Waals surface area contributed by atoms with Crippen molar-refractivity contribution < 1.29 is 14.3 Å². The summed E-state index contributed by atoms with van der Waals surface area (Å²) in [5.74, 6) is 0.353. The van der Waals surface area contributed by atoms with Gasteiger partial charge in [0.25, 0.3) is 0 Å². The smallest absolute Gasteiger partial charge is 0.227 e. The van der Waals surface area contributed by atoms with Gasteiger partial charge in [0.15, 0.2) is 0 Å². The number of hydrogen-bond acceptors (Lipinski definition) is 4. The average Bonchev–Trinajstić information content (AvgIpc) is 2.84. The third kappa shape index (κ3) is 7.51. The lowest BCUT2D eigenvalue weighted by molar-refractivity contribution is -0.131. The number of nitrogens with zero attached hydrogens (tertiary/aromatic N) is 2. The van der Waals surface area contributed by atoms with Crippen molar-refractivity contribution in [1.82, 2.24) is 4.90 Å². The number of benzene rings is 2. The third-order valence-corrected chi connectivity index (χ3v) is 6.42. The van der Waals surface area contributed by atoms with Gasteiger partial charge >= 0.3 is 0 Å². The summed E-state index contributed by atoms with van der Waals surface area (Å²) in [7, 11) is 0. The normalized spacial score (nSPS) is 15.2. The predicted molar refractivity (Wildman–Crippen MR) is 136 cm³/mol. The molecule has 1 fully saturated rings. The summed E-state index contributed by atoms with van der Waals surface area (Å²) in [6, 6.07) is 18.9. The molecule has 183 valence electrons. The monoisotopic (exact) mass is 464 g/mol. The number of carbonyl (C=O) groups is 2. The van der Waals surface area contributed by atoms with Crippen LogP contribution < -0.4 is 15.4 Å². The minimum absolute atomic E-state index is 0.0987.